The van der Waals surface area contributed by atoms with Crippen LogP contribution in [0.5, 0.6) is 11.5 Å². The first-order valence-corrected chi connectivity index (χ1v) is 10.6. The Morgan fingerprint density at radius 3 is 2.62 bits per heavy atom. The lowest BCUT2D eigenvalue weighted by molar-refractivity contribution is -0.117. The highest BCUT2D eigenvalue weighted by Gasteiger charge is 2.26. The molecule has 1 amide bonds. The minimum Gasteiger partial charge on any atom is -0.497 e. The lowest BCUT2D eigenvalue weighted by atomic mass is 9.92. The first-order chi connectivity index (χ1) is 15.4. The van der Waals surface area contributed by atoms with Gasteiger partial charge in [0.1, 0.15) is 18.0 Å². The number of carbonyl (C=O) groups is 1. The number of benzene rings is 1. The van der Waals surface area contributed by atoms with Crippen LogP contribution in [-0.4, -0.2) is 52.4 Å². The zero-order chi connectivity index (χ0) is 22.8. The smallest absolute Gasteiger partial charge is 0.350 e. The highest BCUT2D eigenvalue weighted by Crippen LogP contribution is 2.29. The molecule has 3 heterocycles. The van der Waals surface area contributed by atoms with Crippen molar-refractivity contribution in [3.63, 3.8) is 0 Å². The molecule has 3 aromatic rings. The number of anilines is 2. The molecular formula is C22H28N6O4. The normalized spacial score (nSPS) is 18.6. The van der Waals surface area contributed by atoms with E-state index in [0.717, 1.165) is 24.2 Å². The van der Waals surface area contributed by atoms with E-state index < -0.39 is 11.6 Å². The zero-order valence-corrected chi connectivity index (χ0v) is 18.7. The van der Waals surface area contributed by atoms with Gasteiger partial charge in [0.25, 0.3) is 0 Å². The summed E-state index contributed by atoms with van der Waals surface area (Å²) in [7, 11) is 3.06. The molecule has 4 rings (SSSR count). The van der Waals surface area contributed by atoms with Gasteiger partial charge in [-0.3, -0.25) is 4.79 Å². The molecule has 1 aromatic carbocycles. The van der Waals surface area contributed by atoms with E-state index in [1.807, 2.05) is 0 Å². The van der Waals surface area contributed by atoms with Crippen molar-refractivity contribution in [2.24, 2.45) is 11.8 Å². The zero-order valence-electron chi connectivity index (χ0n) is 18.7. The molecule has 2 atom stereocenters. The predicted octanol–water partition coefficient (Wildman–Crippen LogP) is 2.03. The fraction of sp³-hybridized carbons (Fsp3) is 0.455. The van der Waals surface area contributed by atoms with Crippen LogP contribution < -0.4 is 25.4 Å². The number of rotatable bonds is 6. The highest BCUT2D eigenvalue weighted by atomic mass is 16.5. The number of amides is 1. The lowest BCUT2D eigenvalue weighted by Gasteiger charge is -2.35. The Kier molecular flexibility index (Phi) is 6.02. The predicted molar refractivity (Wildman–Crippen MR) is 121 cm³/mol. The number of nitrogens with zero attached hydrogens (tertiary/aromatic N) is 5. The van der Waals surface area contributed by atoms with Crippen LogP contribution in [0.2, 0.25) is 0 Å². The SMILES string of the molecule is COc1ccc(NC(=O)Cn2nc3c(N4C[C@H](C)C[C@H](C)C4)nccn3c2=O)c(OC)c1. The fourth-order valence-corrected chi connectivity index (χ4v) is 4.32. The van der Waals surface area contributed by atoms with Gasteiger partial charge in [0.2, 0.25) is 11.6 Å². The Morgan fingerprint density at radius 2 is 1.94 bits per heavy atom. The Morgan fingerprint density at radius 1 is 1.19 bits per heavy atom. The molecule has 0 bridgehead atoms. The second-order valence-corrected chi connectivity index (χ2v) is 8.35. The number of carbonyl (C=O) groups excluding carboxylic acids is 1. The summed E-state index contributed by atoms with van der Waals surface area (Å²) in [4.78, 5) is 32.2. The van der Waals surface area contributed by atoms with E-state index in [1.165, 1.54) is 11.5 Å². The van der Waals surface area contributed by atoms with Crippen molar-refractivity contribution in [1.82, 2.24) is 19.2 Å². The molecule has 1 saturated heterocycles. The summed E-state index contributed by atoms with van der Waals surface area (Å²) in [5.74, 6) is 2.39. The molecule has 2 aromatic heterocycles. The van der Waals surface area contributed by atoms with Gasteiger partial charge in [-0.1, -0.05) is 13.8 Å². The van der Waals surface area contributed by atoms with Crippen LogP contribution in [0.15, 0.2) is 35.4 Å². The maximum atomic E-state index is 12.9. The monoisotopic (exact) mass is 440 g/mol. The van der Waals surface area contributed by atoms with Crippen molar-refractivity contribution in [3.05, 3.63) is 41.1 Å². The Balaban J connectivity index is 1.58. The van der Waals surface area contributed by atoms with Gasteiger partial charge < -0.3 is 19.7 Å². The minimum atomic E-state index is -0.395. The average molecular weight is 441 g/mol. The molecule has 0 saturated carbocycles. The van der Waals surface area contributed by atoms with Crippen LogP contribution in [0, 0.1) is 11.8 Å². The fourth-order valence-electron chi connectivity index (χ4n) is 4.32. The van der Waals surface area contributed by atoms with Gasteiger partial charge in [0.15, 0.2) is 5.82 Å². The van der Waals surface area contributed by atoms with E-state index in [9.17, 15) is 9.59 Å². The quantitative estimate of drug-likeness (QED) is 0.626. The summed E-state index contributed by atoms with van der Waals surface area (Å²) in [5.41, 5.74) is 0.543. The summed E-state index contributed by atoms with van der Waals surface area (Å²) in [5, 5.41) is 7.21. The van der Waals surface area contributed by atoms with Gasteiger partial charge in [-0.05, 0) is 30.4 Å². The van der Waals surface area contributed by atoms with Crippen LogP contribution in [-0.2, 0) is 11.3 Å². The van der Waals surface area contributed by atoms with E-state index in [0.29, 0.717) is 40.5 Å². The van der Waals surface area contributed by atoms with E-state index in [1.54, 1.807) is 37.7 Å². The number of hydrogen-bond acceptors (Lipinski definition) is 7. The highest BCUT2D eigenvalue weighted by molar-refractivity contribution is 5.92. The summed E-state index contributed by atoms with van der Waals surface area (Å²) < 4.78 is 13.1. The summed E-state index contributed by atoms with van der Waals surface area (Å²) in [6, 6.07) is 5.07. The number of ether oxygens (including phenoxy) is 2. The minimum absolute atomic E-state index is 0.234. The molecule has 0 aliphatic carbocycles. The molecule has 10 nitrogen and oxygen atoms in total. The molecule has 0 spiro atoms. The van der Waals surface area contributed by atoms with Crippen LogP contribution >= 0.6 is 0 Å². The Bertz CT molecular complexity index is 1180. The molecule has 1 aliphatic heterocycles. The lowest BCUT2D eigenvalue weighted by Crippen LogP contribution is -2.39. The van der Waals surface area contributed by atoms with Crippen LogP contribution in [0.3, 0.4) is 0 Å². The molecular weight excluding hydrogens is 412 g/mol. The van der Waals surface area contributed by atoms with Gasteiger partial charge in [-0.2, -0.15) is 0 Å². The Hall–Kier alpha value is -3.56. The molecule has 0 radical (unpaired) electrons. The molecule has 0 unspecified atom stereocenters. The van der Waals surface area contributed by atoms with Crippen LogP contribution in [0.4, 0.5) is 11.5 Å². The van der Waals surface area contributed by atoms with Crippen molar-refractivity contribution < 1.29 is 14.3 Å². The Labute approximate surface area is 185 Å². The first-order valence-electron chi connectivity index (χ1n) is 10.6. The topological polar surface area (TPSA) is 103 Å². The summed E-state index contributed by atoms with van der Waals surface area (Å²) in [6.45, 7) is 5.91. The molecule has 1 aliphatic rings. The van der Waals surface area contributed by atoms with Gasteiger partial charge >= 0.3 is 5.69 Å². The van der Waals surface area contributed by atoms with Gasteiger partial charge in [0.05, 0.1) is 19.9 Å². The average Bonchev–Trinajstić information content (AvgIpc) is 3.08. The van der Waals surface area contributed by atoms with Crippen molar-refractivity contribution in [2.75, 3.05) is 37.5 Å². The van der Waals surface area contributed by atoms with Gasteiger partial charge in [-0.25, -0.2) is 18.9 Å². The number of piperidine rings is 1. The first kappa shape index (κ1) is 21.7. The summed E-state index contributed by atoms with van der Waals surface area (Å²) >= 11 is 0. The van der Waals surface area contributed by atoms with Crippen molar-refractivity contribution in [3.8, 4) is 11.5 Å². The number of aromatic nitrogens is 4. The molecule has 32 heavy (non-hydrogen) atoms. The third kappa shape index (κ3) is 4.25. The second-order valence-electron chi connectivity index (χ2n) is 8.35. The van der Waals surface area contributed by atoms with Crippen LogP contribution in [0.1, 0.15) is 20.3 Å². The number of methoxy groups -OCH3 is 2. The van der Waals surface area contributed by atoms with E-state index >= 15 is 0 Å². The largest absolute Gasteiger partial charge is 0.497 e. The molecule has 1 N–H and O–H groups in total. The van der Waals surface area contributed by atoms with E-state index in [4.69, 9.17) is 9.47 Å². The maximum Gasteiger partial charge on any atom is 0.350 e. The number of nitrogens with one attached hydrogen (secondary N) is 1. The number of fused-ring (bicyclic) bond motifs is 1. The second kappa shape index (κ2) is 8.89. The number of hydrogen-bond donors (Lipinski definition) is 1. The summed E-state index contributed by atoms with van der Waals surface area (Å²) in [6.07, 6.45) is 4.34. The molecule has 170 valence electrons. The van der Waals surface area contributed by atoms with E-state index in [-0.39, 0.29) is 6.54 Å². The van der Waals surface area contributed by atoms with Gasteiger partial charge in [-0.15, -0.1) is 5.10 Å². The van der Waals surface area contributed by atoms with E-state index in [2.05, 4.69) is 34.1 Å². The third-order valence-electron chi connectivity index (χ3n) is 5.63. The maximum absolute atomic E-state index is 12.9. The van der Waals surface area contributed by atoms with Crippen molar-refractivity contribution >= 4 is 23.1 Å². The molecule has 1 fully saturated rings. The molecule has 10 heteroatoms. The van der Waals surface area contributed by atoms with Crippen LogP contribution in [0.25, 0.3) is 5.65 Å². The third-order valence-corrected chi connectivity index (χ3v) is 5.63. The standard InChI is InChI=1S/C22H28N6O4/c1-14-9-15(2)12-26(11-14)20-21-25-28(22(30)27(21)8-7-23-20)13-19(29)24-17-6-5-16(31-3)10-18(17)32-4/h5-8,10,14-15H,9,11-13H2,1-4H3,(H,24,29)/t14-,15+. The van der Waals surface area contributed by atoms with Crippen molar-refractivity contribution in [1.29, 1.82) is 0 Å². The van der Waals surface area contributed by atoms with Gasteiger partial charge in [0, 0.05) is 31.5 Å². The van der Waals surface area contributed by atoms with Crippen molar-refractivity contribution in [2.45, 2.75) is 26.8 Å².